The summed E-state index contributed by atoms with van der Waals surface area (Å²) >= 11 is 0. The lowest BCUT2D eigenvalue weighted by atomic mass is 10.1. The van der Waals surface area contributed by atoms with Gasteiger partial charge < -0.3 is 14.8 Å². The predicted molar refractivity (Wildman–Crippen MR) is 92.6 cm³/mol. The molecule has 4 heteroatoms. The second kappa shape index (κ2) is 8.22. The highest BCUT2D eigenvalue weighted by Crippen LogP contribution is 2.28. The number of rotatable bonds is 7. The molecule has 0 atom stereocenters. The molecule has 23 heavy (non-hydrogen) atoms. The van der Waals surface area contributed by atoms with E-state index in [2.05, 4.69) is 12.2 Å². The van der Waals surface area contributed by atoms with E-state index in [1.54, 1.807) is 25.3 Å². The lowest BCUT2D eigenvalue weighted by Gasteiger charge is -2.11. The first-order chi connectivity index (χ1) is 11.2. The molecule has 1 amide bonds. The van der Waals surface area contributed by atoms with E-state index in [1.165, 1.54) is 5.56 Å². The molecule has 2 rings (SSSR count). The zero-order chi connectivity index (χ0) is 16.7. The van der Waals surface area contributed by atoms with Crippen molar-refractivity contribution in [1.82, 2.24) is 0 Å². The van der Waals surface area contributed by atoms with Crippen LogP contribution in [0, 0.1) is 0 Å². The van der Waals surface area contributed by atoms with Gasteiger partial charge in [-0.1, -0.05) is 25.5 Å². The van der Waals surface area contributed by atoms with Gasteiger partial charge in [0, 0.05) is 11.3 Å². The lowest BCUT2D eigenvalue weighted by Crippen LogP contribution is -2.12. The molecule has 4 nitrogen and oxygen atoms in total. The topological polar surface area (TPSA) is 47.6 Å². The smallest absolute Gasteiger partial charge is 0.255 e. The van der Waals surface area contributed by atoms with Crippen LogP contribution in [0.2, 0.25) is 0 Å². The molecule has 0 aromatic heterocycles. The summed E-state index contributed by atoms with van der Waals surface area (Å²) in [4.78, 5) is 12.4. The Morgan fingerprint density at radius 2 is 1.78 bits per heavy atom. The maximum Gasteiger partial charge on any atom is 0.255 e. The van der Waals surface area contributed by atoms with Crippen LogP contribution in [-0.4, -0.2) is 19.6 Å². The number of aryl methyl sites for hydroxylation is 1. The van der Waals surface area contributed by atoms with E-state index in [4.69, 9.17) is 9.47 Å². The molecule has 0 saturated carbocycles. The molecular weight excluding hydrogens is 290 g/mol. The van der Waals surface area contributed by atoms with E-state index in [1.807, 2.05) is 31.2 Å². The van der Waals surface area contributed by atoms with E-state index in [9.17, 15) is 4.79 Å². The first-order valence-corrected chi connectivity index (χ1v) is 7.89. The van der Waals surface area contributed by atoms with Gasteiger partial charge in [-0.05, 0) is 49.2 Å². The van der Waals surface area contributed by atoms with Crippen LogP contribution in [0.4, 0.5) is 5.69 Å². The maximum absolute atomic E-state index is 12.4. The van der Waals surface area contributed by atoms with Crippen LogP contribution >= 0.6 is 0 Å². The molecular formula is C19H23NO3. The van der Waals surface area contributed by atoms with Crippen molar-refractivity contribution in [2.45, 2.75) is 26.7 Å². The first-order valence-electron chi connectivity index (χ1n) is 7.89. The van der Waals surface area contributed by atoms with Gasteiger partial charge in [0.2, 0.25) is 0 Å². The third kappa shape index (κ3) is 4.49. The van der Waals surface area contributed by atoms with Crippen LogP contribution in [0.5, 0.6) is 11.5 Å². The number of amides is 1. The van der Waals surface area contributed by atoms with E-state index in [0.29, 0.717) is 23.7 Å². The summed E-state index contributed by atoms with van der Waals surface area (Å²) in [6, 6.07) is 13.1. The molecule has 122 valence electrons. The molecule has 0 bridgehead atoms. The number of methoxy groups -OCH3 is 1. The Morgan fingerprint density at radius 3 is 2.39 bits per heavy atom. The molecule has 0 unspecified atom stereocenters. The van der Waals surface area contributed by atoms with Crippen LogP contribution in [0.25, 0.3) is 0 Å². The minimum atomic E-state index is -0.170. The number of hydrogen-bond acceptors (Lipinski definition) is 3. The molecule has 2 aromatic carbocycles. The average molecular weight is 313 g/mol. The van der Waals surface area contributed by atoms with Crippen molar-refractivity contribution >= 4 is 11.6 Å². The highest BCUT2D eigenvalue weighted by molar-refractivity contribution is 6.04. The van der Waals surface area contributed by atoms with Gasteiger partial charge >= 0.3 is 0 Å². The molecule has 0 saturated heterocycles. The minimum Gasteiger partial charge on any atom is -0.493 e. The summed E-state index contributed by atoms with van der Waals surface area (Å²) in [6.45, 7) is 4.56. The van der Waals surface area contributed by atoms with Crippen molar-refractivity contribution in [1.29, 1.82) is 0 Å². The summed E-state index contributed by atoms with van der Waals surface area (Å²) in [5, 5.41) is 2.90. The summed E-state index contributed by atoms with van der Waals surface area (Å²) < 4.78 is 10.7. The van der Waals surface area contributed by atoms with Gasteiger partial charge in [0.05, 0.1) is 13.7 Å². The predicted octanol–water partition coefficient (Wildman–Crippen LogP) is 4.30. The van der Waals surface area contributed by atoms with E-state index < -0.39 is 0 Å². The fourth-order valence-electron chi connectivity index (χ4n) is 2.33. The van der Waals surface area contributed by atoms with Crippen molar-refractivity contribution in [3.63, 3.8) is 0 Å². The molecule has 0 heterocycles. The molecule has 1 N–H and O–H groups in total. The molecule has 0 radical (unpaired) electrons. The number of carbonyl (C=O) groups excluding carboxylic acids is 1. The van der Waals surface area contributed by atoms with Gasteiger partial charge in [0.25, 0.3) is 5.91 Å². The summed E-state index contributed by atoms with van der Waals surface area (Å²) in [5.41, 5.74) is 2.59. The first kappa shape index (κ1) is 16.9. The summed E-state index contributed by atoms with van der Waals surface area (Å²) in [7, 11) is 1.58. The number of hydrogen-bond donors (Lipinski definition) is 1. The van der Waals surface area contributed by atoms with Crippen molar-refractivity contribution < 1.29 is 14.3 Å². The van der Waals surface area contributed by atoms with Gasteiger partial charge in [-0.15, -0.1) is 0 Å². The van der Waals surface area contributed by atoms with Crippen molar-refractivity contribution in [3.8, 4) is 11.5 Å². The normalized spacial score (nSPS) is 10.2. The monoisotopic (exact) mass is 313 g/mol. The van der Waals surface area contributed by atoms with E-state index in [0.717, 1.165) is 18.5 Å². The van der Waals surface area contributed by atoms with Crippen molar-refractivity contribution in [2.75, 3.05) is 19.0 Å². The van der Waals surface area contributed by atoms with Crippen LogP contribution in [-0.2, 0) is 6.42 Å². The molecule has 0 spiro atoms. The fourth-order valence-corrected chi connectivity index (χ4v) is 2.33. The molecule has 0 aliphatic carbocycles. The number of ether oxygens (including phenoxy) is 2. The Balaban J connectivity index is 2.12. The third-order valence-electron chi connectivity index (χ3n) is 3.48. The number of benzene rings is 2. The minimum absolute atomic E-state index is 0.170. The van der Waals surface area contributed by atoms with Crippen LogP contribution in [0.1, 0.15) is 36.2 Å². The second-order valence-corrected chi connectivity index (χ2v) is 5.20. The standard InChI is InChI=1S/C19H23NO3/c1-4-6-14-7-10-16(11-8-14)20-19(21)15-9-12-17(22-3)18(13-15)23-5-2/h7-13H,4-6H2,1-3H3,(H,20,21). The highest BCUT2D eigenvalue weighted by Gasteiger charge is 2.11. The lowest BCUT2D eigenvalue weighted by molar-refractivity contribution is 0.102. The van der Waals surface area contributed by atoms with E-state index in [-0.39, 0.29) is 5.91 Å². The molecule has 0 aliphatic rings. The quantitative estimate of drug-likeness (QED) is 0.829. The number of anilines is 1. The Morgan fingerprint density at radius 1 is 1.04 bits per heavy atom. The summed E-state index contributed by atoms with van der Waals surface area (Å²) in [5.74, 6) is 1.02. The van der Waals surface area contributed by atoms with Gasteiger partial charge in [0.1, 0.15) is 0 Å². The van der Waals surface area contributed by atoms with Crippen molar-refractivity contribution in [3.05, 3.63) is 53.6 Å². The fraction of sp³-hybridized carbons (Fsp3) is 0.316. The Hall–Kier alpha value is -2.49. The second-order valence-electron chi connectivity index (χ2n) is 5.20. The maximum atomic E-state index is 12.4. The van der Waals surface area contributed by atoms with Gasteiger partial charge in [-0.25, -0.2) is 0 Å². The molecule has 0 aliphatic heterocycles. The van der Waals surface area contributed by atoms with Crippen molar-refractivity contribution in [2.24, 2.45) is 0 Å². The SMILES string of the molecule is CCCc1ccc(NC(=O)c2ccc(OC)c(OCC)c2)cc1. The largest absolute Gasteiger partial charge is 0.493 e. The van der Waals surface area contributed by atoms with Crippen LogP contribution in [0.15, 0.2) is 42.5 Å². The number of carbonyl (C=O) groups is 1. The van der Waals surface area contributed by atoms with Gasteiger partial charge in [0.15, 0.2) is 11.5 Å². The van der Waals surface area contributed by atoms with Gasteiger partial charge in [-0.3, -0.25) is 4.79 Å². The average Bonchev–Trinajstić information content (AvgIpc) is 2.57. The van der Waals surface area contributed by atoms with Gasteiger partial charge in [-0.2, -0.15) is 0 Å². The Bertz CT molecular complexity index is 650. The zero-order valence-electron chi connectivity index (χ0n) is 13.9. The van der Waals surface area contributed by atoms with Crippen LogP contribution < -0.4 is 14.8 Å². The summed E-state index contributed by atoms with van der Waals surface area (Å²) in [6.07, 6.45) is 2.15. The Labute approximate surface area is 137 Å². The number of nitrogens with one attached hydrogen (secondary N) is 1. The molecule has 2 aromatic rings. The molecule has 0 fully saturated rings. The zero-order valence-corrected chi connectivity index (χ0v) is 13.9. The van der Waals surface area contributed by atoms with Crippen LogP contribution in [0.3, 0.4) is 0 Å². The third-order valence-corrected chi connectivity index (χ3v) is 3.48. The highest BCUT2D eigenvalue weighted by atomic mass is 16.5. The van der Waals surface area contributed by atoms with E-state index >= 15 is 0 Å². The Kier molecular flexibility index (Phi) is 6.03.